The summed E-state index contributed by atoms with van der Waals surface area (Å²) in [6.45, 7) is 9.56. The summed E-state index contributed by atoms with van der Waals surface area (Å²) in [6, 6.07) is 1.98. The van der Waals surface area contributed by atoms with Crippen LogP contribution in [0.3, 0.4) is 0 Å². The first kappa shape index (κ1) is 21.2. The van der Waals surface area contributed by atoms with Gasteiger partial charge in [0.15, 0.2) is 11.7 Å². The lowest BCUT2D eigenvalue weighted by Gasteiger charge is -2.12. The van der Waals surface area contributed by atoms with Crippen molar-refractivity contribution in [3.63, 3.8) is 0 Å². The summed E-state index contributed by atoms with van der Waals surface area (Å²) in [5, 5.41) is 10.6. The molecule has 0 bridgehead atoms. The molecule has 1 heterocycles. The zero-order valence-electron chi connectivity index (χ0n) is 14.3. The normalized spacial score (nSPS) is 11.7. The molecular formula is C15H30IN5O. The molecule has 0 amide bonds. The van der Waals surface area contributed by atoms with Gasteiger partial charge in [-0.05, 0) is 39.9 Å². The van der Waals surface area contributed by atoms with Crippen LogP contribution < -0.4 is 10.6 Å². The highest BCUT2D eigenvalue weighted by Crippen LogP contribution is 2.14. The van der Waals surface area contributed by atoms with Crippen LogP contribution in [-0.4, -0.2) is 49.7 Å². The van der Waals surface area contributed by atoms with E-state index in [4.69, 9.17) is 4.52 Å². The van der Waals surface area contributed by atoms with Gasteiger partial charge in [0.2, 0.25) is 0 Å². The highest BCUT2D eigenvalue weighted by atomic mass is 127. The first-order valence-corrected chi connectivity index (χ1v) is 7.65. The number of hydrogen-bond acceptors (Lipinski definition) is 4. The third kappa shape index (κ3) is 8.57. The predicted octanol–water partition coefficient (Wildman–Crippen LogP) is 2.42. The third-order valence-electron chi connectivity index (χ3n) is 2.98. The van der Waals surface area contributed by atoms with Crippen LogP contribution in [-0.2, 0) is 6.54 Å². The molecule has 0 aliphatic heterocycles. The molecule has 6 nitrogen and oxygen atoms in total. The minimum Gasteiger partial charge on any atom is -0.359 e. The summed E-state index contributed by atoms with van der Waals surface area (Å²) in [7, 11) is 4.16. The maximum absolute atomic E-state index is 5.29. The first-order chi connectivity index (χ1) is 10.0. The number of hydrogen-bond donors (Lipinski definition) is 2. The molecule has 0 aromatic carbocycles. The largest absolute Gasteiger partial charge is 0.359 e. The van der Waals surface area contributed by atoms with Gasteiger partial charge in [-0.1, -0.05) is 19.0 Å². The Kier molecular flexibility index (Phi) is 11.3. The van der Waals surface area contributed by atoms with E-state index in [1.54, 1.807) is 0 Å². The van der Waals surface area contributed by atoms with E-state index >= 15 is 0 Å². The molecule has 2 N–H and O–H groups in total. The summed E-state index contributed by atoms with van der Waals surface area (Å²) in [5.41, 5.74) is 0.976. The Labute approximate surface area is 151 Å². The maximum Gasteiger partial charge on any atom is 0.191 e. The van der Waals surface area contributed by atoms with E-state index in [2.05, 4.69) is 60.5 Å². The Hall–Kier alpha value is -0.830. The van der Waals surface area contributed by atoms with Crippen LogP contribution in [0, 0.1) is 0 Å². The van der Waals surface area contributed by atoms with Crippen molar-refractivity contribution in [2.45, 2.75) is 39.7 Å². The van der Waals surface area contributed by atoms with E-state index in [9.17, 15) is 0 Å². The van der Waals surface area contributed by atoms with Crippen LogP contribution >= 0.6 is 24.0 Å². The van der Waals surface area contributed by atoms with Gasteiger partial charge in [-0.2, -0.15) is 0 Å². The molecule has 22 heavy (non-hydrogen) atoms. The number of aliphatic imine (C=N–C) groups is 1. The zero-order chi connectivity index (χ0) is 15.7. The van der Waals surface area contributed by atoms with E-state index < -0.39 is 0 Å². The summed E-state index contributed by atoms with van der Waals surface area (Å²) >= 11 is 0. The van der Waals surface area contributed by atoms with Crippen molar-refractivity contribution >= 4 is 29.9 Å². The second-order valence-corrected chi connectivity index (χ2v) is 5.65. The van der Waals surface area contributed by atoms with Crippen LogP contribution in [0.25, 0.3) is 0 Å². The lowest BCUT2D eigenvalue weighted by molar-refractivity contribution is 0.376. The van der Waals surface area contributed by atoms with E-state index in [1.165, 1.54) is 0 Å². The van der Waals surface area contributed by atoms with Gasteiger partial charge in [-0.25, -0.2) is 4.99 Å². The number of aromatic nitrogens is 1. The highest BCUT2D eigenvalue weighted by Gasteiger charge is 2.07. The van der Waals surface area contributed by atoms with E-state index in [-0.39, 0.29) is 24.0 Å². The van der Waals surface area contributed by atoms with E-state index in [0.29, 0.717) is 12.5 Å². The topological polar surface area (TPSA) is 65.7 Å². The fourth-order valence-corrected chi connectivity index (χ4v) is 1.78. The zero-order valence-corrected chi connectivity index (χ0v) is 16.7. The molecule has 0 atom stereocenters. The molecule has 0 spiro atoms. The monoisotopic (exact) mass is 423 g/mol. The average molecular weight is 423 g/mol. The van der Waals surface area contributed by atoms with Crippen molar-refractivity contribution in [1.29, 1.82) is 0 Å². The second kappa shape index (κ2) is 11.7. The predicted molar refractivity (Wildman–Crippen MR) is 102 cm³/mol. The Balaban J connectivity index is 0.00000441. The minimum atomic E-state index is 0. The Morgan fingerprint density at radius 1 is 1.36 bits per heavy atom. The molecule has 1 rings (SSSR count). The lowest BCUT2D eigenvalue weighted by atomic mass is 10.1. The number of nitrogens with one attached hydrogen (secondary N) is 2. The molecule has 0 saturated carbocycles. The number of nitrogens with zero attached hydrogens (tertiary/aromatic N) is 3. The van der Waals surface area contributed by atoms with Crippen LogP contribution in [0.2, 0.25) is 0 Å². The quantitative estimate of drug-likeness (QED) is 0.291. The molecule has 0 radical (unpaired) electrons. The molecule has 1 aromatic heterocycles. The van der Waals surface area contributed by atoms with Crippen LogP contribution in [0.15, 0.2) is 15.6 Å². The summed E-state index contributed by atoms with van der Waals surface area (Å²) < 4.78 is 5.29. The van der Waals surface area contributed by atoms with Crippen LogP contribution in [0.4, 0.5) is 0 Å². The Morgan fingerprint density at radius 2 is 2.09 bits per heavy atom. The molecule has 0 unspecified atom stereocenters. The van der Waals surface area contributed by atoms with Crippen molar-refractivity contribution in [3.8, 4) is 0 Å². The van der Waals surface area contributed by atoms with Gasteiger partial charge in [0.1, 0.15) is 6.54 Å². The van der Waals surface area contributed by atoms with Gasteiger partial charge < -0.3 is 20.1 Å². The van der Waals surface area contributed by atoms with Gasteiger partial charge in [-0.15, -0.1) is 24.0 Å². The SMILES string of the molecule is CCNC(=NCc1cc(C(C)C)no1)NCCCN(C)C.I. The van der Waals surface area contributed by atoms with Crippen molar-refractivity contribution < 1.29 is 4.52 Å². The number of halogens is 1. The van der Waals surface area contributed by atoms with Crippen molar-refractivity contribution in [2.75, 3.05) is 33.7 Å². The third-order valence-corrected chi connectivity index (χ3v) is 2.98. The number of guanidine groups is 1. The highest BCUT2D eigenvalue weighted by molar-refractivity contribution is 14.0. The van der Waals surface area contributed by atoms with Gasteiger partial charge in [0.05, 0.1) is 5.69 Å². The van der Waals surface area contributed by atoms with Gasteiger partial charge in [-0.3, -0.25) is 0 Å². The molecule has 0 aliphatic carbocycles. The van der Waals surface area contributed by atoms with Gasteiger partial charge in [0, 0.05) is 19.2 Å². The molecular weight excluding hydrogens is 393 g/mol. The Bertz CT molecular complexity index is 431. The van der Waals surface area contributed by atoms with Crippen LogP contribution in [0.1, 0.15) is 44.6 Å². The molecule has 128 valence electrons. The smallest absolute Gasteiger partial charge is 0.191 e. The summed E-state index contributed by atoms with van der Waals surface area (Å²) in [6.07, 6.45) is 1.08. The van der Waals surface area contributed by atoms with Crippen molar-refractivity contribution in [1.82, 2.24) is 20.7 Å². The first-order valence-electron chi connectivity index (χ1n) is 7.65. The lowest BCUT2D eigenvalue weighted by Crippen LogP contribution is -2.38. The van der Waals surface area contributed by atoms with Gasteiger partial charge >= 0.3 is 0 Å². The van der Waals surface area contributed by atoms with Crippen LogP contribution in [0.5, 0.6) is 0 Å². The molecule has 0 aliphatic rings. The average Bonchev–Trinajstić information content (AvgIpc) is 2.89. The van der Waals surface area contributed by atoms with Gasteiger partial charge in [0.25, 0.3) is 0 Å². The molecule has 0 fully saturated rings. The maximum atomic E-state index is 5.29. The minimum absolute atomic E-state index is 0. The van der Waals surface area contributed by atoms with E-state index in [1.807, 2.05) is 6.07 Å². The fourth-order valence-electron chi connectivity index (χ4n) is 1.78. The number of rotatable bonds is 8. The van der Waals surface area contributed by atoms with E-state index in [0.717, 1.165) is 43.5 Å². The molecule has 1 aromatic rings. The Morgan fingerprint density at radius 3 is 2.64 bits per heavy atom. The standard InChI is InChI=1S/C15H29N5O.HI/c1-6-16-15(17-8-7-9-20(4)5)18-11-13-10-14(12(2)3)19-21-13;/h10,12H,6-9,11H2,1-5H3,(H2,16,17,18);1H. The molecule has 7 heteroatoms. The molecule has 0 saturated heterocycles. The summed E-state index contributed by atoms with van der Waals surface area (Å²) in [4.78, 5) is 6.69. The second-order valence-electron chi connectivity index (χ2n) is 5.65. The van der Waals surface area contributed by atoms with Crippen molar-refractivity contribution in [3.05, 3.63) is 17.5 Å². The summed E-state index contributed by atoms with van der Waals surface area (Å²) in [5.74, 6) is 1.99. The fraction of sp³-hybridized carbons (Fsp3) is 0.733. The van der Waals surface area contributed by atoms with Crippen molar-refractivity contribution in [2.24, 2.45) is 4.99 Å².